The summed E-state index contributed by atoms with van der Waals surface area (Å²) in [6, 6.07) is 12.9. The molecule has 0 saturated carbocycles. The summed E-state index contributed by atoms with van der Waals surface area (Å²) in [6.07, 6.45) is 5.57. The molecular weight excluding hydrogens is 424 g/mol. The minimum Gasteiger partial charge on any atom is -0.467 e. The van der Waals surface area contributed by atoms with Crippen LogP contribution < -0.4 is 0 Å². The molecule has 1 aliphatic rings. The topological polar surface area (TPSA) is 110 Å². The van der Waals surface area contributed by atoms with Crippen molar-refractivity contribution in [3.05, 3.63) is 99.9 Å². The number of likely N-dealkylation sites (N-methyl/N-ethyl adjacent to an activating group) is 1. The zero-order chi connectivity index (χ0) is 23.4. The Hall–Kier alpha value is -4.27. The van der Waals surface area contributed by atoms with Crippen molar-refractivity contribution in [3.63, 3.8) is 0 Å². The fourth-order valence-corrected chi connectivity index (χ4v) is 3.81. The van der Waals surface area contributed by atoms with Crippen molar-refractivity contribution >= 4 is 23.1 Å². The van der Waals surface area contributed by atoms with E-state index in [0.29, 0.717) is 30.8 Å². The molecular formula is C24H22N4O5. The molecule has 0 radical (unpaired) electrons. The van der Waals surface area contributed by atoms with Crippen LogP contribution in [-0.2, 0) is 22.6 Å². The lowest BCUT2D eigenvalue weighted by Crippen LogP contribution is -2.35. The van der Waals surface area contributed by atoms with Gasteiger partial charge in [-0.05, 0) is 60.9 Å². The Morgan fingerprint density at radius 2 is 1.79 bits per heavy atom. The van der Waals surface area contributed by atoms with Crippen LogP contribution in [0.2, 0.25) is 0 Å². The number of benzene rings is 1. The van der Waals surface area contributed by atoms with E-state index < -0.39 is 16.7 Å². The van der Waals surface area contributed by atoms with Gasteiger partial charge in [0.15, 0.2) is 0 Å². The molecule has 0 N–H and O–H groups in total. The van der Waals surface area contributed by atoms with E-state index in [1.54, 1.807) is 24.5 Å². The Labute approximate surface area is 190 Å². The van der Waals surface area contributed by atoms with Gasteiger partial charge in [0.25, 0.3) is 17.5 Å². The molecule has 0 saturated heterocycles. The second kappa shape index (κ2) is 9.47. The molecule has 168 valence electrons. The van der Waals surface area contributed by atoms with Crippen LogP contribution in [-0.4, -0.2) is 44.6 Å². The number of nitro benzene ring substituents is 1. The van der Waals surface area contributed by atoms with E-state index in [9.17, 15) is 19.7 Å². The predicted octanol–water partition coefficient (Wildman–Crippen LogP) is 3.43. The summed E-state index contributed by atoms with van der Waals surface area (Å²) in [4.78, 5) is 44.5. The number of non-ortho nitro benzene ring substituents is 1. The molecule has 2 amide bonds. The Morgan fingerprint density at radius 1 is 1.06 bits per heavy atom. The van der Waals surface area contributed by atoms with Crippen LogP contribution in [0.25, 0.3) is 5.57 Å². The van der Waals surface area contributed by atoms with E-state index in [4.69, 9.17) is 4.42 Å². The Morgan fingerprint density at radius 3 is 2.39 bits per heavy atom. The maximum atomic E-state index is 13.5. The minimum absolute atomic E-state index is 0.00650. The lowest BCUT2D eigenvalue weighted by molar-refractivity contribution is -0.384. The molecule has 4 rings (SSSR count). The van der Waals surface area contributed by atoms with Crippen LogP contribution in [0.15, 0.2) is 77.3 Å². The van der Waals surface area contributed by atoms with Crippen molar-refractivity contribution in [1.82, 2.24) is 14.8 Å². The normalized spacial score (nSPS) is 13.7. The molecule has 0 bridgehead atoms. The van der Waals surface area contributed by atoms with E-state index in [0.717, 1.165) is 10.5 Å². The highest BCUT2D eigenvalue weighted by Gasteiger charge is 2.41. The van der Waals surface area contributed by atoms with Crippen LogP contribution in [0.3, 0.4) is 0 Å². The lowest BCUT2D eigenvalue weighted by atomic mass is 10.0. The van der Waals surface area contributed by atoms with Gasteiger partial charge in [-0.15, -0.1) is 0 Å². The number of rotatable bonds is 9. The molecule has 2 aromatic heterocycles. The monoisotopic (exact) mass is 446 g/mol. The zero-order valence-electron chi connectivity index (χ0n) is 18.0. The summed E-state index contributed by atoms with van der Waals surface area (Å²) >= 11 is 0. The van der Waals surface area contributed by atoms with Gasteiger partial charge < -0.3 is 9.32 Å². The Balaban J connectivity index is 1.71. The molecule has 0 atom stereocenters. The van der Waals surface area contributed by atoms with Crippen molar-refractivity contribution in [2.24, 2.45) is 0 Å². The van der Waals surface area contributed by atoms with E-state index in [2.05, 4.69) is 4.98 Å². The van der Waals surface area contributed by atoms with Gasteiger partial charge in [-0.2, -0.15) is 0 Å². The van der Waals surface area contributed by atoms with Gasteiger partial charge in [0.1, 0.15) is 11.5 Å². The molecule has 0 unspecified atom stereocenters. The van der Waals surface area contributed by atoms with E-state index >= 15 is 0 Å². The third-order valence-electron chi connectivity index (χ3n) is 5.52. The number of nitro groups is 1. The van der Waals surface area contributed by atoms with Gasteiger partial charge in [-0.25, -0.2) is 0 Å². The number of hydrogen-bond donors (Lipinski definition) is 0. The minimum atomic E-state index is -0.503. The van der Waals surface area contributed by atoms with Gasteiger partial charge in [0.05, 0.1) is 23.3 Å². The molecule has 3 aromatic rings. The first-order chi connectivity index (χ1) is 16.0. The summed E-state index contributed by atoms with van der Waals surface area (Å²) in [6.45, 7) is 2.94. The lowest BCUT2D eigenvalue weighted by Gasteiger charge is -2.24. The number of hydrogen-bond acceptors (Lipinski definition) is 7. The highest BCUT2D eigenvalue weighted by Crippen LogP contribution is 2.33. The van der Waals surface area contributed by atoms with Crippen LogP contribution in [0.5, 0.6) is 0 Å². The number of imide groups is 1. The number of carbonyl (C=O) groups excluding carboxylic acids is 2. The van der Waals surface area contributed by atoms with Crippen molar-refractivity contribution in [3.8, 4) is 0 Å². The van der Waals surface area contributed by atoms with Gasteiger partial charge in [0, 0.05) is 37.6 Å². The fraction of sp³-hybridized carbons (Fsp3) is 0.208. The summed E-state index contributed by atoms with van der Waals surface area (Å²) < 4.78 is 5.34. The van der Waals surface area contributed by atoms with Crippen molar-refractivity contribution in [2.75, 3.05) is 13.1 Å². The molecule has 3 heterocycles. The molecule has 1 aliphatic heterocycles. The number of amides is 2. The summed E-state index contributed by atoms with van der Waals surface area (Å²) in [5, 5.41) is 11.1. The Kier molecular flexibility index (Phi) is 6.30. The van der Waals surface area contributed by atoms with E-state index in [1.807, 2.05) is 24.0 Å². The SMILES string of the molecule is CCN(CCc1ccncc1)C1=C(c2ccc([N+](=O)[O-])cc2)C(=O)N(Cc2ccco2)C1=O. The van der Waals surface area contributed by atoms with E-state index in [-0.39, 0.29) is 23.5 Å². The molecule has 0 aliphatic carbocycles. The highest BCUT2D eigenvalue weighted by atomic mass is 16.6. The standard InChI is InChI=1S/C24H22N4O5/c1-2-26(14-11-17-9-12-25-13-10-17)22-21(18-5-7-19(8-6-18)28(31)32)23(29)27(24(22)30)16-20-4-3-15-33-20/h3-10,12-13,15H,2,11,14,16H2,1H3. The Bertz CT molecular complexity index is 1190. The summed E-state index contributed by atoms with van der Waals surface area (Å²) in [5.74, 6) is -0.384. The first-order valence-electron chi connectivity index (χ1n) is 10.5. The second-order valence-corrected chi connectivity index (χ2v) is 7.49. The number of carbonyl (C=O) groups is 2. The molecule has 9 heteroatoms. The first kappa shape index (κ1) is 21.9. The molecule has 33 heavy (non-hydrogen) atoms. The molecule has 9 nitrogen and oxygen atoms in total. The average Bonchev–Trinajstić information content (AvgIpc) is 3.43. The van der Waals surface area contributed by atoms with Crippen LogP contribution in [0, 0.1) is 10.1 Å². The third kappa shape index (κ3) is 4.52. The van der Waals surface area contributed by atoms with E-state index in [1.165, 1.54) is 30.5 Å². The smallest absolute Gasteiger partial charge is 0.278 e. The largest absolute Gasteiger partial charge is 0.467 e. The van der Waals surface area contributed by atoms with Crippen molar-refractivity contribution < 1.29 is 18.9 Å². The van der Waals surface area contributed by atoms with Crippen LogP contribution in [0.1, 0.15) is 23.8 Å². The average molecular weight is 446 g/mol. The molecule has 0 spiro atoms. The zero-order valence-corrected chi connectivity index (χ0v) is 18.0. The number of nitrogens with zero attached hydrogens (tertiary/aromatic N) is 4. The maximum absolute atomic E-state index is 13.5. The van der Waals surface area contributed by atoms with Crippen molar-refractivity contribution in [2.45, 2.75) is 19.9 Å². The van der Waals surface area contributed by atoms with Gasteiger partial charge in [-0.3, -0.25) is 29.6 Å². The fourth-order valence-electron chi connectivity index (χ4n) is 3.81. The van der Waals surface area contributed by atoms with Gasteiger partial charge >= 0.3 is 0 Å². The van der Waals surface area contributed by atoms with Gasteiger partial charge in [0.2, 0.25) is 0 Å². The maximum Gasteiger partial charge on any atom is 0.278 e. The first-order valence-corrected chi connectivity index (χ1v) is 10.5. The second-order valence-electron chi connectivity index (χ2n) is 7.49. The van der Waals surface area contributed by atoms with Crippen LogP contribution in [0.4, 0.5) is 5.69 Å². The third-order valence-corrected chi connectivity index (χ3v) is 5.52. The number of pyridine rings is 1. The highest BCUT2D eigenvalue weighted by molar-refractivity contribution is 6.35. The predicted molar refractivity (Wildman–Crippen MR) is 119 cm³/mol. The summed E-state index contributed by atoms with van der Waals surface area (Å²) in [7, 11) is 0. The number of furan rings is 1. The van der Waals surface area contributed by atoms with Crippen molar-refractivity contribution in [1.29, 1.82) is 0 Å². The number of aromatic nitrogens is 1. The van der Waals surface area contributed by atoms with Gasteiger partial charge in [-0.1, -0.05) is 0 Å². The summed E-state index contributed by atoms with van der Waals surface area (Å²) in [5.41, 5.74) is 1.95. The quantitative estimate of drug-likeness (QED) is 0.281. The molecule has 0 fully saturated rings. The molecule has 1 aromatic carbocycles. The van der Waals surface area contributed by atoms with Crippen LogP contribution >= 0.6 is 0 Å².